The number of furan rings is 1. The first-order valence-electron chi connectivity index (χ1n) is 10.1. The summed E-state index contributed by atoms with van der Waals surface area (Å²) in [5, 5.41) is 3.72. The van der Waals surface area contributed by atoms with Crippen LogP contribution in [0.3, 0.4) is 0 Å². The van der Waals surface area contributed by atoms with E-state index in [1.54, 1.807) is 6.07 Å². The molecule has 1 amide bonds. The van der Waals surface area contributed by atoms with Gasteiger partial charge in [0.2, 0.25) is 11.7 Å². The van der Waals surface area contributed by atoms with Gasteiger partial charge in [-0.2, -0.15) is 0 Å². The van der Waals surface area contributed by atoms with Gasteiger partial charge in [-0.1, -0.05) is 62.4 Å². The maximum absolute atomic E-state index is 13.2. The van der Waals surface area contributed by atoms with Gasteiger partial charge in [-0.05, 0) is 42.9 Å². The van der Waals surface area contributed by atoms with Crippen molar-refractivity contribution in [2.24, 2.45) is 11.7 Å². The van der Waals surface area contributed by atoms with Crippen LogP contribution in [0.2, 0.25) is 0 Å². The topological polar surface area (TPSA) is 85.3 Å². The summed E-state index contributed by atoms with van der Waals surface area (Å²) in [7, 11) is 0. The van der Waals surface area contributed by atoms with Crippen molar-refractivity contribution in [2.45, 2.75) is 45.2 Å². The van der Waals surface area contributed by atoms with Gasteiger partial charge < -0.3 is 15.5 Å². The quantitative estimate of drug-likeness (QED) is 0.537. The number of aryl methyl sites for hydroxylation is 1. The van der Waals surface area contributed by atoms with E-state index in [2.05, 4.69) is 5.32 Å². The second kappa shape index (κ2) is 9.52. The lowest BCUT2D eigenvalue weighted by molar-refractivity contribution is -0.123. The van der Waals surface area contributed by atoms with Crippen LogP contribution in [0.4, 0.5) is 0 Å². The second-order valence-electron chi connectivity index (χ2n) is 7.83. The highest BCUT2D eigenvalue weighted by Crippen LogP contribution is 2.21. The lowest BCUT2D eigenvalue weighted by Gasteiger charge is -2.20. The molecule has 3 rings (SSSR count). The van der Waals surface area contributed by atoms with Crippen molar-refractivity contribution < 1.29 is 14.0 Å². The Morgan fingerprint density at radius 2 is 1.72 bits per heavy atom. The first kappa shape index (κ1) is 20.8. The third-order valence-corrected chi connectivity index (χ3v) is 4.93. The monoisotopic (exact) mass is 392 g/mol. The van der Waals surface area contributed by atoms with E-state index in [4.69, 9.17) is 10.2 Å². The molecule has 152 valence electrons. The summed E-state index contributed by atoms with van der Waals surface area (Å²) in [4.78, 5) is 25.8. The normalized spacial score (nSPS) is 13.4. The highest BCUT2D eigenvalue weighted by Gasteiger charge is 2.27. The van der Waals surface area contributed by atoms with Crippen molar-refractivity contribution >= 4 is 22.7 Å². The average molecular weight is 392 g/mol. The number of ketones is 1. The first-order chi connectivity index (χ1) is 13.9. The molecular weight excluding hydrogens is 364 g/mol. The molecule has 0 saturated heterocycles. The number of hydrogen-bond acceptors (Lipinski definition) is 4. The van der Waals surface area contributed by atoms with Crippen molar-refractivity contribution in [2.75, 3.05) is 0 Å². The van der Waals surface area contributed by atoms with Crippen LogP contribution in [0.25, 0.3) is 11.0 Å². The minimum atomic E-state index is -0.693. The fourth-order valence-electron chi connectivity index (χ4n) is 3.39. The summed E-state index contributed by atoms with van der Waals surface area (Å²) in [6.07, 6.45) is 1.70. The Labute approximate surface area is 171 Å². The summed E-state index contributed by atoms with van der Waals surface area (Å²) in [5.41, 5.74) is 7.79. The average Bonchev–Trinajstić information content (AvgIpc) is 3.15. The molecule has 0 bridgehead atoms. The number of carbonyl (C=O) groups excluding carboxylic acids is 2. The van der Waals surface area contributed by atoms with Crippen molar-refractivity contribution in [3.05, 3.63) is 72.0 Å². The van der Waals surface area contributed by atoms with E-state index in [1.165, 1.54) is 0 Å². The Balaban J connectivity index is 1.78. The molecule has 3 aromatic rings. The number of hydrogen-bond donors (Lipinski definition) is 2. The van der Waals surface area contributed by atoms with Gasteiger partial charge in [0, 0.05) is 5.39 Å². The highest BCUT2D eigenvalue weighted by molar-refractivity contribution is 6.02. The third-order valence-electron chi connectivity index (χ3n) is 4.93. The summed E-state index contributed by atoms with van der Waals surface area (Å²) >= 11 is 0. The zero-order valence-corrected chi connectivity index (χ0v) is 16.9. The summed E-state index contributed by atoms with van der Waals surface area (Å²) in [5.74, 6) is 0.00929. The number of benzene rings is 2. The summed E-state index contributed by atoms with van der Waals surface area (Å²) in [6, 6.07) is 17.8. The van der Waals surface area contributed by atoms with Crippen LogP contribution in [-0.4, -0.2) is 23.8 Å². The van der Waals surface area contributed by atoms with Gasteiger partial charge >= 0.3 is 0 Å². The molecule has 5 nitrogen and oxygen atoms in total. The molecular formula is C24H28N2O3. The van der Waals surface area contributed by atoms with Gasteiger partial charge in [0.05, 0.1) is 12.1 Å². The van der Waals surface area contributed by atoms with Crippen molar-refractivity contribution in [1.29, 1.82) is 0 Å². The Hall–Kier alpha value is -2.92. The van der Waals surface area contributed by atoms with Crippen molar-refractivity contribution in [1.82, 2.24) is 5.32 Å². The highest BCUT2D eigenvalue weighted by atomic mass is 16.3. The van der Waals surface area contributed by atoms with E-state index < -0.39 is 12.1 Å². The summed E-state index contributed by atoms with van der Waals surface area (Å²) in [6.45, 7) is 4.03. The van der Waals surface area contributed by atoms with E-state index in [9.17, 15) is 9.59 Å². The number of rotatable bonds is 9. The van der Waals surface area contributed by atoms with E-state index in [0.717, 1.165) is 10.9 Å². The molecule has 1 heterocycles. The van der Waals surface area contributed by atoms with Gasteiger partial charge in [0.15, 0.2) is 5.76 Å². The van der Waals surface area contributed by atoms with Crippen molar-refractivity contribution in [3.8, 4) is 0 Å². The van der Waals surface area contributed by atoms with E-state index in [-0.39, 0.29) is 17.5 Å². The van der Waals surface area contributed by atoms with Crippen molar-refractivity contribution in [3.63, 3.8) is 0 Å². The molecule has 29 heavy (non-hydrogen) atoms. The zero-order valence-electron chi connectivity index (χ0n) is 16.9. The third kappa shape index (κ3) is 5.55. The van der Waals surface area contributed by atoms with Crippen LogP contribution >= 0.6 is 0 Å². The standard InChI is InChI=1S/C24H28N2O3/c1-16(2)14-19(25)24(28)26-20(13-12-17-8-4-3-5-9-17)23(27)22-15-18-10-6-7-11-21(18)29-22/h3-11,15-16,19-20H,12-14,25H2,1-2H3,(H,26,28). The van der Waals surface area contributed by atoms with Crippen LogP contribution < -0.4 is 11.1 Å². The number of Topliss-reactive ketones (excluding diaryl/α,β-unsaturated/α-hetero) is 1. The maximum Gasteiger partial charge on any atom is 0.237 e. The SMILES string of the molecule is CC(C)CC(N)C(=O)NC(CCc1ccccc1)C(=O)c1cc2ccccc2o1. The Morgan fingerprint density at radius 1 is 1.03 bits per heavy atom. The predicted molar refractivity (Wildman–Crippen MR) is 115 cm³/mol. The smallest absolute Gasteiger partial charge is 0.237 e. The Bertz CT molecular complexity index is 929. The minimum absolute atomic E-state index is 0.234. The van der Waals surface area contributed by atoms with Crippen LogP contribution in [0.5, 0.6) is 0 Å². The lowest BCUT2D eigenvalue weighted by atomic mass is 9.99. The molecule has 0 fully saturated rings. The number of nitrogens with two attached hydrogens (primary N) is 1. The Kier molecular flexibility index (Phi) is 6.83. The molecule has 0 aliphatic heterocycles. The fourth-order valence-corrected chi connectivity index (χ4v) is 3.39. The molecule has 5 heteroatoms. The molecule has 1 aromatic heterocycles. The van der Waals surface area contributed by atoms with Crippen LogP contribution in [-0.2, 0) is 11.2 Å². The molecule has 0 aliphatic carbocycles. The predicted octanol–water partition coefficient (Wildman–Crippen LogP) is 4.11. The number of amides is 1. The van der Waals surface area contributed by atoms with Crippen LogP contribution in [0.15, 0.2) is 65.1 Å². The maximum atomic E-state index is 13.2. The van der Waals surface area contributed by atoms with Gasteiger partial charge in [-0.15, -0.1) is 0 Å². The largest absolute Gasteiger partial charge is 0.453 e. The number of carbonyl (C=O) groups is 2. The van der Waals surface area contributed by atoms with Gasteiger partial charge in [-0.3, -0.25) is 9.59 Å². The molecule has 0 radical (unpaired) electrons. The molecule has 0 saturated carbocycles. The van der Waals surface area contributed by atoms with Gasteiger partial charge in [0.1, 0.15) is 5.58 Å². The molecule has 0 spiro atoms. The van der Waals surface area contributed by atoms with Crippen LogP contribution in [0.1, 0.15) is 42.8 Å². The fraction of sp³-hybridized carbons (Fsp3) is 0.333. The first-order valence-corrected chi connectivity index (χ1v) is 10.1. The molecule has 0 aliphatic rings. The summed E-state index contributed by atoms with van der Waals surface area (Å²) < 4.78 is 5.74. The number of nitrogens with one attached hydrogen (secondary N) is 1. The molecule has 2 aromatic carbocycles. The van der Waals surface area contributed by atoms with Gasteiger partial charge in [0.25, 0.3) is 0 Å². The zero-order chi connectivity index (χ0) is 20.8. The van der Waals surface area contributed by atoms with Crippen LogP contribution in [0, 0.1) is 5.92 Å². The number of para-hydroxylation sites is 1. The number of fused-ring (bicyclic) bond motifs is 1. The molecule has 3 N–H and O–H groups in total. The van der Waals surface area contributed by atoms with E-state index >= 15 is 0 Å². The van der Waals surface area contributed by atoms with Gasteiger partial charge in [-0.25, -0.2) is 0 Å². The minimum Gasteiger partial charge on any atom is -0.453 e. The van der Waals surface area contributed by atoms with E-state index in [0.29, 0.717) is 30.8 Å². The molecule has 2 atom stereocenters. The lowest BCUT2D eigenvalue weighted by Crippen LogP contribution is -2.49. The second-order valence-corrected chi connectivity index (χ2v) is 7.83. The van der Waals surface area contributed by atoms with E-state index in [1.807, 2.05) is 68.4 Å². The Morgan fingerprint density at radius 3 is 2.41 bits per heavy atom. The molecule has 2 unspecified atom stereocenters.